The number of amides is 1. The Balaban J connectivity index is 1.74. The van der Waals surface area contributed by atoms with Gasteiger partial charge in [0.25, 0.3) is 5.91 Å². The molecule has 0 radical (unpaired) electrons. The van der Waals surface area contributed by atoms with E-state index in [1.807, 2.05) is 0 Å². The minimum atomic E-state index is -0.674. The molecule has 0 bridgehead atoms. The molecule has 22 heavy (non-hydrogen) atoms. The van der Waals surface area contributed by atoms with Crippen LogP contribution in [0.25, 0.3) is 0 Å². The van der Waals surface area contributed by atoms with Crippen molar-refractivity contribution in [1.82, 2.24) is 10.6 Å². The Bertz CT molecular complexity index is 507. The van der Waals surface area contributed by atoms with Gasteiger partial charge in [0, 0.05) is 6.54 Å². The van der Waals surface area contributed by atoms with Gasteiger partial charge >= 0.3 is 0 Å². The summed E-state index contributed by atoms with van der Waals surface area (Å²) in [6.07, 6.45) is 2.69. The number of ether oxygens (including phenoxy) is 1. The first-order chi connectivity index (χ1) is 10.6. The summed E-state index contributed by atoms with van der Waals surface area (Å²) in [7, 11) is 0. The van der Waals surface area contributed by atoms with E-state index in [1.165, 1.54) is 25.0 Å². The first kappa shape index (κ1) is 17.0. The topological polar surface area (TPSA) is 50.4 Å². The highest BCUT2D eigenvalue weighted by atomic mass is 35.5. The molecule has 1 aliphatic heterocycles. The highest BCUT2D eigenvalue weighted by Crippen LogP contribution is 2.25. The molecule has 1 amide bonds. The Morgan fingerprint density at radius 3 is 3.09 bits per heavy atom. The Morgan fingerprint density at radius 1 is 1.59 bits per heavy atom. The van der Waals surface area contributed by atoms with Crippen molar-refractivity contribution in [2.45, 2.75) is 32.3 Å². The van der Waals surface area contributed by atoms with Gasteiger partial charge in [-0.1, -0.05) is 11.6 Å². The number of benzene rings is 1. The van der Waals surface area contributed by atoms with Crippen LogP contribution in [0.2, 0.25) is 5.02 Å². The second-order valence-corrected chi connectivity index (χ2v) is 6.03. The average Bonchev–Trinajstić information content (AvgIpc) is 2.51. The summed E-state index contributed by atoms with van der Waals surface area (Å²) in [6.45, 7) is 4.40. The molecular weight excluding hydrogens is 307 g/mol. The Morgan fingerprint density at radius 2 is 2.41 bits per heavy atom. The minimum absolute atomic E-state index is 0.160. The summed E-state index contributed by atoms with van der Waals surface area (Å²) >= 11 is 5.88. The minimum Gasteiger partial charge on any atom is -0.479 e. The van der Waals surface area contributed by atoms with Crippen LogP contribution in [0.1, 0.15) is 26.2 Å². The molecule has 0 saturated carbocycles. The monoisotopic (exact) mass is 328 g/mol. The molecule has 0 spiro atoms. The number of piperidine rings is 1. The van der Waals surface area contributed by atoms with E-state index in [2.05, 4.69) is 10.6 Å². The Kier molecular flexibility index (Phi) is 6.46. The number of hydrogen-bond acceptors (Lipinski definition) is 3. The van der Waals surface area contributed by atoms with E-state index in [0.717, 1.165) is 25.6 Å². The van der Waals surface area contributed by atoms with Crippen molar-refractivity contribution in [2.75, 3.05) is 19.6 Å². The third-order valence-corrected chi connectivity index (χ3v) is 4.11. The van der Waals surface area contributed by atoms with Crippen molar-refractivity contribution in [1.29, 1.82) is 0 Å². The average molecular weight is 329 g/mol. The molecule has 1 aromatic carbocycles. The molecule has 122 valence electrons. The second kappa shape index (κ2) is 8.34. The van der Waals surface area contributed by atoms with Crippen LogP contribution in [0.3, 0.4) is 0 Å². The van der Waals surface area contributed by atoms with E-state index < -0.39 is 11.9 Å². The van der Waals surface area contributed by atoms with Crippen LogP contribution in [-0.2, 0) is 4.79 Å². The fourth-order valence-corrected chi connectivity index (χ4v) is 2.74. The van der Waals surface area contributed by atoms with E-state index >= 15 is 0 Å². The zero-order valence-electron chi connectivity index (χ0n) is 12.7. The van der Waals surface area contributed by atoms with Gasteiger partial charge < -0.3 is 15.4 Å². The third-order valence-electron chi connectivity index (χ3n) is 3.82. The van der Waals surface area contributed by atoms with Crippen LogP contribution in [0.4, 0.5) is 4.39 Å². The molecule has 2 N–H and O–H groups in total. The van der Waals surface area contributed by atoms with Crippen LogP contribution in [0.5, 0.6) is 5.75 Å². The normalized spacial score (nSPS) is 19.5. The van der Waals surface area contributed by atoms with Crippen LogP contribution >= 0.6 is 11.6 Å². The van der Waals surface area contributed by atoms with E-state index in [4.69, 9.17) is 16.3 Å². The lowest BCUT2D eigenvalue weighted by Crippen LogP contribution is -2.38. The summed E-state index contributed by atoms with van der Waals surface area (Å²) < 4.78 is 18.4. The first-order valence-corrected chi connectivity index (χ1v) is 8.04. The van der Waals surface area contributed by atoms with Crippen LogP contribution in [0.15, 0.2) is 18.2 Å². The van der Waals surface area contributed by atoms with Crippen molar-refractivity contribution < 1.29 is 13.9 Å². The number of hydrogen-bond donors (Lipinski definition) is 2. The van der Waals surface area contributed by atoms with Crippen molar-refractivity contribution in [2.24, 2.45) is 5.92 Å². The second-order valence-electron chi connectivity index (χ2n) is 5.63. The highest BCUT2D eigenvalue weighted by Gasteiger charge is 2.17. The predicted octanol–water partition coefficient (Wildman–Crippen LogP) is 2.75. The van der Waals surface area contributed by atoms with Crippen molar-refractivity contribution in [3.8, 4) is 5.75 Å². The van der Waals surface area contributed by atoms with Gasteiger partial charge in [-0.05, 0) is 63.4 Å². The van der Waals surface area contributed by atoms with E-state index in [-0.39, 0.29) is 10.9 Å². The number of rotatable bonds is 6. The first-order valence-electron chi connectivity index (χ1n) is 7.66. The molecule has 6 heteroatoms. The maximum atomic E-state index is 13.0. The lowest BCUT2D eigenvalue weighted by atomic mass is 9.96. The molecule has 1 heterocycles. The van der Waals surface area contributed by atoms with Gasteiger partial charge in [-0.3, -0.25) is 4.79 Å². The van der Waals surface area contributed by atoms with Gasteiger partial charge in [-0.15, -0.1) is 0 Å². The molecule has 1 aromatic rings. The van der Waals surface area contributed by atoms with Gasteiger partial charge in [-0.25, -0.2) is 4.39 Å². The van der Waals surface area contributed by atoms with Crippen molar-refractivity contribution in [3.05, 3.63) is 29.0 Å². The van der Waals surface area contributed by atoms with E-state index in [1.54, 1.807) is 6.92 Å². The Hall–Kier alpha value is -1.33. The van der Waals surface area contributed by atoms with Gasteiger partial charge in [0.15, 0.2) is 6.10 Å². The van der Waals surface area contributed by atoms with E-state index in [9.17, 15) is 9.18 Å². The molecule has 0 aromatic heterocycles. The summed E-state index contributed by atoms with van der Waals surface area (Å²) in [6, 6.07) is 3.84. The van der Waals surface area contributed by atoms with Crippen molar-refractivity contribution >= 4 is 17.5 Å². The number of carbonyl (C=O) groups is 1. The van der Waals surface area contributed by atoms with Crippen LogP contribution in [-0.4, -0.2) is 31.6 Å². The molecule has 2 unspecified atom stereocenters. The zero-order valence-corrected chi connectivity index (χ0v) is 13.5. The van der Waals surface area contributed by atoms with Gasteiger partial charge in [0.2, 0.25) is 0 Å². The van der Waals surface area contributed by atoms with Gasteiger partial charge in [0.1, 0.15) is 11.6 Å². The summed E-state index contributed by atoms with van der Waals surface area (Å²) in [5.74, 6) is 0.304. The van der Waals surface area contributed by atoms with E-state index in [0.29, 0.717) is 18.2 Å². The standard InChI is InChI=1S/C16H22ClFN2O2/c1-11(22-15-5-4-13(18)9-14(15)17)16(21)20-8-6-12-3-2-7-19-10-12/h4-5,9,11-12,19H,2-3,6-8,10H2,1H3,(H,20,21). The Labute approximate surface area is 135 Å². The predicted molar refractivity (Wildman–Crippen MR) is 84.7 cm³/mol. The lowest BCUT2D eigenvalue weighted by molar-refractivity contribution is -0.127. The molecule has 2 atom stereocenters. The number of halogens is 2. The molecule has 0 aliphatic carbocycles. The van der Waals surface area contributed by atoms with Crippen molar-refractivity contribution in [3.63, 3.8) is 0 Å². The fourth-order valence-electron chi connectivity index (χ4n) is 2.53. The maximum absolute atomic E-state index is 13.0. The molecule has 4 nitrogen and oxygen atoms in total. The number of nitrogens with one attached hydrogen (secondary N) is 2. The molecule has 2 rings (SSSR count). The molecular formula is C16H22ClFN2O2. The quantitative estimate of drug-likeness (QED) is 0.844. The lowest BCUT2D eigenvalue weighted by Gasteiger charge is -2.23. The van der Waals surface area contributed by atoms with Crippen LogP contribution in [0, 0.1) is 11.7 Å². The maximum Gasteiger partial charge on any atom is 0.260 e. The summed E-state index contributed by atoms with van der Waals surface area (Å²) in [5.41, 5.74) is 0. The van der Waals surface area contributed by atoms with Gasteiger partial charge in [0.05, 0.1) is 5.02 Å². The molecule has 1 fully saturated rings. The zero-order chi connectivity index (χ0) is 15.9. The fraction of sp³-hybridized carbons (Fsp3) is 0.562. The molecule has 1 saturated heterocycles. The smallest absolute Gasteiger partial charge is 0.260 e. The molecule has 1 aliphatic rings. The summed E-state index contributed by atoms with van der Waals surface area (Å²) in [4.78, 5) is 12.0. The van der Waals surface area contributed by atoms with Crippen LogP contribution < -0.4 is 15.4 Å². The largest absolute Gasteiger partial charge is 0.479 e. The SMILES string of the molecule is CC(Oc1ccc(F)cc1Cl)C(=O)NCCC1CCCNC1. The number of carbonyl (C=O) groups excluding carboxylic acids is 1. The highest BCUT2D eigenvalue weighted by molar-refractivity contribution is 6.32. The summed E-state index contributed by atoms with van der Waals surface area (Å²) in [5, 5.41) is 6.39. The third kappa shape index (κ3) is 5.14. The van der Waals surface area contributed by atoms with Gasteiger partial charge in [-0.2, -0.15) is 0 Å².